The van der Waals surface area contributed by atoms with Crippen LogP contribution in [0, 0.1) is 0 Å². The van der Waals surface area contributed by atoms with Crippen LogP contribution in [-0.4, -0.2) is 27.6 Å². The van der Waals surface area contributed by atoms with Gasteiger partial charge in [0.15, 0.2) is 0 Å². The second kappa shape index (κ2) is 6.29. The predicted octanol–water partition coefficient (Wildman–Crippen LogP) is 2.59. The molecule has 0 spiro atoms. The van der Waals surface area contributed by atoms with Crippen LogP contribution in [0.4, 0.5) is 5.82 Å². The molecule has 0 amide bonds. The first kappa shape index (κ1) is 13.5. The van der Waals surface area contributed by atoms with Gasteiger partial charge in [-0.05, 0) is 18.1 Å². The number of rotatable bonds is 5. The number of aromatic carboxylic acids is 1. The van der Waals surface area contributed by atoms with E-state index in [9.17, 15) is 4.79 Å². The molecule has 0 atom stereocenters. The highest BCUT2D eigenvalue weighted by molar-refractivity contribution is 9.10. The Labute approximate surface area is 118 Å². The Morgan fingerprint density at radius 1 is 1.37 bits per heavy atom. The van der Waals surface area contributed by atoms with Crippen LogP contribution in [0.2, 0.25) is 0 Å². The van der Waals surface area contributed by atoms with Gasteiger partial charge < -0.3 is 10.4 Å². The first-order valence-electron chi connectivity index (χ1n) is 5.69. The summed E-state index contributed by atoms with van der Waals surface area (Å²) < 4.78 is 1.04. The number of benzene rings is 1. The largest absolute Gasteiger partial charge is 0.477 e. The zero-order chi connectivity index (χ0) is 13.7. The zero-order valence-corrected chi connectivity index (χ0v) is 11.6. The van der Waals surface area contributed by atoms with Gasteiger partial charge in [-0.1, -0.05) is 34.1 Å². The lowest BCUT2D eigenvalue weighted by Crippen LogP contribution is -2.11. The summed E-state index contributed by atoms with van der Waals surface area (Å²) in [6.07, 6.45) is 3.38. The zero-order valence-electron chi connectivity index (χ0n) is 10.0. The maximum absolute atomic E-state index is 11.0. The number of halogens is 1. The Bertz CT molecular complexity index is 590. The maximum atomic E-state index is 11.0. The molecule has 0 aliphatic rings. The third-order valence-corrected chi connectivity index (χ3v) is 3.36. The smallest absolute Gasteiger partial charge is 0.341 e. The summed E-state index contributed by atoms with van der Waals surface area (Å²) in [7, 11) is 0. The van der Waals surface area contributed by atoms with Gasteiger partial charge in [0, 0.05) is 17.2 Å². The molecule has 1 aromatic carbocycles. The quantitative estimate of drug-likeness (QED) is 0.885. The minimum atomic E-state index is -1.04. The normalized spacial score (nSPS) is 10.2. The van der Waals surface area contributed by atoms with Crippen molar-refractivity contribution in [2.75, 3.05) is 11.9 Å². The first-order chi connectivity index (χ1) is 9.18. The fourth-order valence-electron chi connectivity index (χ4n) is 1.64. The van der Waals surface area contributed by atoms with Crippen LogP contribution < -0.4 is 5.32 Å². The molecule has 19 heavy (non-hydrogen) atoms. The summed E-state index contributed by atoms with van der Waals surface area (Å²) in [4.78, 5) is 18.6. The van der Waals surface area contributed by atoms with Crippen molar-refractivity contribution in [1.29, 1.82) is 0 Å². The number of carboxylic acid groups (broad SMARTS) is 1. The lowest BCUT2D eigenvalue weighted by molar-refractivity contribution is 0.0697. The lowest BCUT2D eigenvalue weighted by Gasteiger charge is -2.08. The van der Waals surface area contributed by atoms with E-state index in [4.69, 9.17) is 5.11 Å². The fraction of sp³-hybridized carbons (Fsp3) is 0.154. The molecule has 5 nitrogen and oxygen atoms in total. The first-order valence-corrected chi connectivity index (χ1v) is 6.48. The van der Waals surface area contributed by atoms with E-state index in [0.717, 1.165) is 16.5 Å². The van der Waals surface area contributed by atoms with Crippen molar-refractivity contribution in [1.82, 2.24) is 9.97 Å². The van der Waals surface area contributed by atoms with Crippen molar-refractivity contribution in [2.24, 2.45) is 0 Å². The van der Waals surface area contributed by atoms with Crippen molar-refractivity contribution in [3.05, 3.63) is 52.4 Å². The second-order valence-electron chi connectivity index (χ2n) is 3.86. The van der Waals surface area contributed by atoms with Crippen molar-refractivity contribution < 1.29 is 9.90 Å². The maximum Gasteiger partial charge on any atom is 0.341 e. The number of nitrogens with zero attached hydrogens (tertiary/aromatic N) is 2. The molecular weight excluding hydrogens is 310 g/mol. The third kappa shape index (κ3) is 3.51. The predicted molar refractivity (Wildman–Crippen MR) is 75.3 cm³/mol. The number of carbonyl (C=O) groups is 1. The van der Waals surface area contributed by atoms with Crippen LogP contribution in [-0.2, 0) is 6.42 Å². The summed E-state index contributed by atoms with van der Waals surface area (Å²) >= 11 is 3.47. The van der Waals surface area contributed by atoms with E-state index in [-0.39, 0.29) is 5.56 Å². The fourth-order valence-corrected chi connectivity index (χ4v) is 2.13. The number of carboxylic acids is 1. The molecule has 0 aliphatic heterocycles. The number of hydrogen-bond donors (Lipinski definition) is 2. The second-order valence-corrected chi connectivity index (χ2v) is 4.71. The highest BCUT2D eigenvalue weighted by Gasteiger charge is 2.10. The molecule has 0 saturated carbocycles. The topological polar surface area (TPSA) is 75.1 Å². The number of aromatic nitrogens is 2. The highest BCUT2D eigenvalue weighted by atomic mass is 79.9. The summed E-state index contributed by atoms with van der Waals surface area (Å²) in [5, 5.41) is 12.0. The van der Waals surface area contributed by atoms with E-state index in [1.54, 1.807) is 0 Å². The SMILES string of the molecule is O=C(O)c1cncnc1NCCc1ccccc1Br. The molecule has 0 unspecified atom stereocenters. The summed E-state index contributed by atoms with van der Waals surface area (Å²) in [6.45, 7) is 0.597. The van der Waals surface area contributed by atoms with Crippen LogP contribution in [0.15, 0.2) is 41.3 Å². The minimum Gasteiger partial charge on any atom is -0.477 e. The molecular formula is C13H12BrN3O2. The number of hydrogen-bond acceptors (Lipinski definition) is 4. The van der Waals surface area contributed by atoms with Crippen molar-refractivity contribution in [3.63, 3.8) is 0 Å². The number of anilines is 1. The molecule has 6 heteroatoms. The molecule has 98 valence electrons. The van der Waals surface area contributed by atoms with Crippen molar-refractivity contribution in [2.45, 2.75) is 6.42 Å². The van der Waals surface area contributed by atoms with E-state index in [0.29, 0.717) is 12.4 Å². The third-order valence-electron chi connectivity index (χ3n) is 2.59. The molecule has 0 saturated heterocycles. The van der Waals surface area contributed by atoms with Gasteiger partial charge in [0.2, 0.25) is 0 Å². The van der Waals surface area contributed by atoms with E-state index >= 15 is 0 Å². The molecule has 0 fully saturated rings. The molecule has 0 radical (unpaired) electrons. The molecule has 1 heterocycles. The van der Waals surface area contributed by atoms with Gasteiger partial charge in [0.25, 0.3) is 0 Å². The molecule has 2 aromatic rings. The molecule has 2 N–H and O–H groups in total. The summed E-state index contributed by atoms with van der Waals surface area (Å²) in [5.74, 6) is -0.696. The average molecular weight is 322 g/mol. The Hall–Kier alpha value is -1.95. The van der Waals surface area contributed by atoms with Crippen LogP contribution in [0.25, 0.3) is 0 Å². The summed E-state index contributed by atoms with van der Waals surface area (Å²) in [6, 6.07) is 7.91. The van der Waals surface area contributed by atoms with Crippen LogP contribution in [0.1, 0.15) is 15.9 Å². The number of nitrogens with one attached hydrogen (secondary N) is 1. The van der Waals surface area contributed by atoms with Crippen LogP contribution in [0.5, 0.6) is 0 Å². The van der Waals surface area contributed by atoms with Gasteiger partial charge >= 0.3 is 5.97 Å². The Kier molecular flexibility index (Phi) is 4.46. The van der Waals surface area contributed by atoms with Gasteiger partial charge in [-0.3, -0.25) is 0 Å². The van der Waals surface area contributed by atoms with Crippen LogP contribution >= 0.6 is 15.9 Å². The van der Waals surface area contributed by atoms with Gasteiger partial charge in [-0.15, -0.1) is 0 Å². The Morgan fingerprint density at radius 2 is 2.16 bits per heavy atom. The van der Waals surface area contributed by atoms with Crippen molar-refractivity contribution in [3.8, 4) is 0 Å². The van der Waals surface area contributed by atoms with Crippen LogP contribution in [0.3, 0.4) is 0 Å². The van der Waals surface area contributed by atoms with Gasteiger partial charge in [0.1, 0.15) is 17.7 Å². The van der Waals surface area contributed by atoms with E-state index in [1.807, 2.05) is 24.3 Å². The Morgan fingerprint density at radius 3 is 2.89 bits per heavy atom. The summed E-state index contributed by atoms with van der Waals surface area (Å²) in [5.41, 5.74) is 1.23. The van der Waals surface area contributed by atoms with E-state index in [2.05, 4.69) is 31.2 Å². The monoisotopic (exact) mass is 321 g/mol. The van der Waals surface area contributed by atoms with E-state index in [1.165, 1.54) is 12.5 Å². The minimum absolute atomic E-state index is 0.0784. The lowest BCUT2D eigenvalue weighted by atomic mass is 10.1. The van der Waals surface area contributed by atoms with E-state index < -0.39 is 5.97 Å². The molecule has 0 bridgehead atoms. The molecule has 2 rings (SSSR count). The van der Waals surface area contributed by atoms with Gasteiger partial charge in [-0.2, -0.15) is 0 Å². The molecule has 0 aliphatic carbocycles. The Balaban J connectivity index is 2.00. The van der Waals surface area contributed by atoms with Crippen molar-refractivity contribution >= 4 is 27.7 Å². The standard InChI is InChI=1S/C13H12BrN3O2/c14-11-4-2-1-3-9(11)5-6-16-12-10(13(18)19)7-15-8-17-12/h1-4,7-8H,5-6H2,(H,18,19)(H,15,16,17). The van der Waals surface area contributed by atoms with Gasteiger partial charge in [-0.25, -0.2) is 14.8 Å². The molecule has 1 aromatic heterocycles. The highest BCUT2D eigenvalue weighted by Crippen LogP contribution is 2.17. The van der Waals surface area contributed by atoms with Gasteiger partial charge in [0.05, 0.1) is 0 Å². The average Bonchev–Trinajstić information content (AvgIpc) is 2.41.